The van der Waals surface area contributed by atoms with Gasteiger partial charge in [-0.15, -0.1) is 0 Å². The fourth-order valence-corrected chi connectivity index (χ4v) is 1.26. The third-order valence-corrected chi connectivity index (χ3v) is 2.49. The second kappa shape index (κ2) is 4.48. The van der Waals surface area contributed by atoms with Gasteiger partial charge in [-0.3, -0.25) is 10.1 Å². The van der Waals surface area contributed by atoms with Crippen molar-refractivity contribution in [3.05, 3.63) is 39.9 Å². The molecule has 0 radical (unpaired) electrons. The van der Waals surface area contributed by atoms with E-state index in [1.807, 2.05) is 0 Å². The third-order valence-electron chi connectivity index (χ3n) is 2.49. The zero-order valence-electron chi connectivity index (χ0n) is 9.12. The van der Waals surface area contributed by atoms with E-state index in [-0.39, 0.29) is 11.3 Å². The molecule has 0 fully saturated rings. The van der Waals surface area contributed by atoms with Gasteiger partial charge in [0.2, 0.25) is 0 Å². The summed E-state index contributed by atoms with van der Waals surface area (Å²) in [6, 6.07) is 4.94. The number of aliphatic hydroxyl groups is 1. The predicted octanol–water partition coefficient (Wildman–Crippen LogP) is -1.62. The highest BCUT2D eigenvalue weighted by Crippen LogP contribution is 2.23. The maximum absolute atomic E-state index is 10.8. The zero-order chi connectivity index (χ0) is 13.2. The molecule has 92 valence electrons. The van der Waals surface area contributed by atoms with Gasteiger partial charge in [0, 0.05) is 12.1 Å². The van der Waals surface area contributed by atoms with Crippen molar-refractivity contribution in [3.8, 4) is 0 Å². The molecule has 0 heterocycles. The summed E-state index contributed by atoms with van der Waals surface area (Å²) >= 11 is 0. The fourth-order valence-electron chi connectivity index (χ4n) is 1.26. The number of hydrogen-bond acceptors (Lipinski definition) is 5. The first kappa shape index (κ1) is 13.1. The molecule has 0 unspecified atom stereocenters. The molecule has 0 aliphatic rings. The van der Waals surface area contributed by atoms with E-state index in [1.54, 1.807) is 0 Å². The number of carbonyl (C=O) groups is 1. The lowest BCUT2D eigenvalue weighted by Crippen LogP contribution is -2.80. The normalized spacial score (nSPS) is 15.9. The van der Waals surface area contributed by atoms with Gasteiger partial charge in [0.25, 0.3) is 5.69 Å². The van der Waals surface area contributed by atoms with Crippen molar-refractivity contribution in [1.82, 2.24) is 0 Å². The quantitative estimate of drug-likeness (QED) is 0.482. The van der Waals surface area contributed by atoms with E-state index in [9.17, 15) is 25.1 Å². The molecule has 0 aliphatic carbocycles. The summed E-state index contributed by atoms with van der Waals surface area (Å²) in [6.07, 6.45) is -1.40. The Kier molecular flexibility index (Phi) is 3.45. The molecule has 0 aromatic heterocycles. The number of aliphatic carboxylic acids is 1. The van der Waals surface area contributed by atoms with Crippen molar-refractivity contribution in [2.75, 3.05) is 0 Å². The van der Waals surface area contributed by atoms with Gasteiger partial charge in [-0.2, -0.15) is 0 Å². The first-order valence-electron chi connectivity index (χ1n) is 4.76. The fraction of sp³-hybridized carbons (Fsp3) is 0.300. The first-order valence-corrected chi connectivity index (χ1v) is 4.76. The summed E-state index contributed by atoms with van der Waals surface area (Å²) in [5.41, 5.74) is 1.74. The Labute approximate surface area is 96.6 Å². The van der Waals surface area contributed by atoms with Gasteiger partial charge in [0.05, 0.1) is 4.92 Å². The number of quaternary nitrogens is 1. The number of non-ortho nitro benzene ring substituents is 1. The maximum atomic E-state index is 10.8. The van der Waals surface area contributed by atoms with Crippen LogP contribution >= 0.6 is 0 Å². The highest BCUT2D eigenvalue weighted by atomic mass is 16.6. The smallest absolute Gasteiger partial charge is 0.269 e. The summed E-state index contributed by atoms with van der Waals surface area (Å²) < 4.78 is 0. The Bertz CT molecular complexity index is 441. The highest BCUT2D eigenvalue weighted by molar-refractivity contribution is 5.75. The molecule has 0 spiro atoms. The number of carboxylic acid groups (broad SMARTS) is 1. The minimum atomic E-state index is -1.71. The number of nitro benzene ring substituents is 1. The highest BCUT2D eigenvalue weighted by Gasteiger charge is 2.35. The summed E-state index contributed by atoms with van der Waals surface area (Å²) in [5, 5.41) is 31.0. The summed E-state index contributed by atoms with van der Waals surface area (Å²) in [5.74, 6) is -1.50. The van der Waals surface area contributed by atoms with Gasteiger partial charge in [0.15, 0.2) is 5.54 Å². The van der Waals surface area contributed by atoms with E-state index >= 15 is 0 Å². The largest absolute Gasteiger partial charge is 0.544 e. The van der Waals surface area contributed by atoms with Gasteiger partial charge in [0.1, 0.15) is 12.1 Å². The second-order valence-electron chi connectivity index (χ2n) is 3.96. The van der Waals surface area contributed by atoms with Crippen LogP contribution in [0.1, 0.15) is 18.6 Å². The minimum Gasteiger partial charge on any atom is -0.544 e. The van der Waals surface area contributed by atoms with Crippen molar-refractivity contribution < 1.29 is 25.7 Å². The van der Waals surface area contributed by atoms with E-state index in [4.69, 9.17) is 0 Å². The second-order valence-corrected chi connectivity index (χ2v) is 3.96. The molecule has 4 N–H and O–H groups in total. The molecule has 0 saturated heterocycles. The van der Waals surface area contributed by atoms with Crippen LogP contribution in [0.3, 0.4) is 0 Å². The van der Waals surface area contributed by atoms with Crippen LogP contribution in [0.2, 0.25) is 0 Å². The van der Waals surface area contributed by atoms with E-state index in [0.717, 1.165) is 0 Å². The lowest BCUT2D eigenvalue weighted by molar-refractivity contribution is -0.498. The molecule has 0 bridgehead atoms. The van der Waals surface area contributed by atoms with E-state index in [1.165, 1.54) is 31.2 Å². The SMILES string of the molecule is C[C@@]([NH3+])(C(=O)[O-])[C@H](O)c1ccc([N+](=O)[O-])cc1. The van der Waals surface area contributed by atoms with E-state index in [0.29, 0.717) is 0 Å². The molecule has 1 aromatic rings. The van der Waals surface area contributed by atoms with Gasteiger partial charge in [-0.1, -0.05) is 0 Å². The van der Waals surface area contributed by atoms with E-state index in [2.05, 4.69) is 5.73 Å². The minimum absolute atomic E-state index is 0.139. The predicted molar refractivity (Wildman–Crippen MR) is 54.4 cm³/mol. The van der Waals surface area contributed by atoms with Crippen LogP contribution in [0, 0.1) is 10.1 Å². The number of hydrogen-bond donors (Lipinski definition) is 2. The average molecular weight is 240 g/mol. The number of aliphatic hydroxyl groups excluding tert-OH is 1. The molecule has 0 amide bonds. The Hall–Kier alpha value is -1.99. The van der Waals surface area contributed by atoms with Crippen molar-refractivity contribution >= 4 is 11.7 Å². The van der Waals surface area contributed by atoms with Gasteiger partial charge < -0.3 is 20.7 Å². The van der Waals surface area contributed by atoms with Crippen LogP contribution in [-0.2, 0) is 4.79 Å². The van der Waals surface area contributed by atoms with Gasteiger partial charge in [-0.25, -0.2) is 0 Å². The molecular weight excluding hydrogens is 228 g/mol. The van der Waals surface area contributed by atoms with Crippen LogP contribution in [0.15, 0.2) is 24.3 Å². The molecule has 0 saturated carbocycles. The number of carbonyl (C=O) groups excluding carboxylic acids is 1. The van der Waals surface area contributed by atoms with Gasteiger partial charge >= 0.3 is 0 Å². The zero-order valence-corrected chi connectivity index (χ0v) is 9.12. The number of benzene rings is 1. The Morgan fingerprint density at radius 2 is 1.94 bits per heavy atom. The Morgan fingerprint density at radius 1 is 1.47 bits per heavy atom. The van der Waals surface area contributed by atoms with Crippen LogP contribution in [0.25, 0.3) is 0 Å². The Balaban J connectivity index is 3.02. The van der Waals surface area contributed by atoms with Gasteiger partial charge in [-0.05, 0) is 24.6 Å². The van der Waals surface area contributed by atoms with Crippen molar-refractivity contribution in [3.63, 3.8) is 0 Å². The number of nitro groups is 1. The first-order chi connectivity index (χ1) is 7.76. The van der Waals surface area contributed by atoms with Crippen LogP contribution < -0.4 is 10.8 Å². The molecular formula is C10H12N2O5. The molecule has 7 nitrogen and oxygen atoms in total. The summed E-state index contributed by atoms with van der Waals surface area (Å²) in [7, 11) is 0. The molecule has 1 rings (SSSR count). The monoisotopic (exact) mass is 240 g/mol. The molecule has 2 atom stereocenters. The molecule has 17 heavy (non-hydrogen) atoms. The summed E-state index contributed by atoms with van der Waals surface area (Å²) in [6.45, 7) is 1.22. The van der Waals surface area contributed by atoms with Crippen molar-refractivity contribution in [1.29, 1.82) is 0 Å². The summed E-state index contributed by atoms with van der Waals surface area (Å²) in [4.78, 5) is 20.6. The van der Waals surface area contributed by atoms with Crippen molar-refractivity contribution in [2.45, 2.75) is 18.6 Å². The maximum Gasteiger partial charge on any atom is 0.269 e. The number of carboxylic acids is 1. The topological polar surface area (TPSA) is 131 Å². The number of rotatable bonds is 4. The van der Waals surface area contributed by atoms with E-state index < -0.39 is 22.5 Å². The van der Waals surface area contributed by atoms with Crippen LogP contribution in [0.5, 0.6) is 0 Å². The molecule has 1 aromatic carbocycles. The number of nitrogens with zero attached hydrogens (tertiary/aromatic N) is 1. The van der Waals surface area contributed by atoms with Crippen LogP contribution in [0.4, 0.5) is 5.69 Å². The molecule has 7 heteroatoms. The van der Waals surface area contributed by atoms with Crippen molar-refractivity contribution in [2.24, 2.45) is 0 Å². The standard InChI is InChI=1S/C10H12N2O5/c1-10(11,9(14)15)8(13)6-2-4-7(5-3-6)12(16)17/h2-5,8,13H,11H2,1H3,(H,14,15)/t8-,10+/m1/s1. The van der Waals surface area contributed by atoms with Crippen LogP contribution in [-0.4, -0.2) is 21.5 Å². The third kappa shape index (κ3) is 2.58. The Morgan fingerprint density at radius 3 is 2.29 bits per heavy atom. The lowest BCUT2D eigenvalue weighted by atomic mass is 9.90. The lowest BCUT2D eigenvalue weighted by Gasteiger charge is -2.27. The average Bonchev–Trinajstić information content (AvgIpc) is 2.27. The molecule has 0 aliphatic heterocycles.